The lowest BCUT2D eigenvalue weighted by atomic mass is 10.3. The Labute approximate surface area is 164 Å². The number of benzene rings is 1. The van der Waals surface area contributed by atoms with Gasteiger partial charge in [-0.1, -0.05) is 29.2 Å². The molecule has 0 unspecified atom stereocenters. The normalized spacial score (nSPS) is 15.7. The summed E-state index contributed by atoms with van der Waals surface area (Å²) in [5.74, 6) is -0.460. The topological polar surface area (TPSA) is 95.5 Å². The van der Waals surface area contributed by atoms with E-state index < -0.39 is 15.8 Å². The summed E-state index contributed by atoms with van der Waals surface area (Å²) in [6, 6.07) is 4.94. The van der Waals surface area contributed by atoms with Crippen molar-refractivity contribution in [1.29, 1.82) is 0 Å². The van der Waals surface area contributed by atoms with Crippen LogP contribution in [0.15, 0.2) is 33.5 Å². The van der Waals surface area contributed by atoms with Crippen LogP contribution in [0.4, 0.5) is 9.52 Å². The average Bonchev–Trinajstić information content (AvgIpc) is 3.14. The zero-order valence-corrected chi connectivity index (χ0v) is 16.9. The fourth-order valence-electron chi connectivity index (χ4n) is 2.54. The van der Waals surface area contributed by atoms with Gasteiger partial charge < -0.3 is 10.2 Å². The van der Waals surface area contributed by atoms with E-state index in [1.165, 1.54) is 45.6 Å². The van der Waals surface area contributed by atoms with Crippen LogP contribution in [0, 0.1) is 5.82 Å². The molecule has 0 atom stereocenters. The number of halogens is 1. The Morgan fingerprint density at radius 1 is 1.30 bits per heavy atom. The van der Waals surface area contributed by atoms with Crippen molar-refractivity contribution in [3.05, 3.63) is 30.1 Å². The highest BCUT2D eigenvalue weighted by Crippen LogP contribution is 2.25. The van der Waals surface area contributed by atoms with E-state index in [-0.39, 0.29) is 29.6 Å². The van der Waals surface area contributed by atoms with Crippen LogP contribution in [0.1, 0.15) is 0 Å². The molecule has 12 heteroatoms. The van der Waals surface area contributed by atoms with Crippen LogP contribution in [0.5, 0.6) is 0 Å². The predicted molar refractivity (Wildman–Crippen MR) is 102 cm³/mol. The summed E-state index contributed by atoms with van der Waals surface area (Å²) in [6.07, 6.45) is 0. The van der Waals surface area contributed by atoms with Crippen molar-refractivity contribution in [3.8, 4) is 0 Å². The number of rotatable bonds is 6. The molecule has 0 radical (unpaired) electrons. The number of anilines is 1. The summed E-state index contributed by atoms with van der Waals surface area (Å²) >= 11 is 2.67. The van der Waals surface area contributed by atoms with Crippen molar-refractivity contribution in [2.45, 2.75) is 9.24 Å². The van der Waals surface area contributed by atoms with E-state index in [9.17, 15) is 17.6 Å². The van der Waals surface area contributed by atoms with Gasteiger partial charge in [0.15, 0.2) is 4.34 Å². The van der Waals surface area contributed by atoms with Gasteiger partial charge in [0, 0.05) is 33.2 Å². The van der Waals surface area contributed by atoms with Crippen molar-refractivity contribution < 1.29 is 17.6 Å². The minimum absolute atomic E-state index is 0.0746. The number of carbonyl (C=O) groups excluding carboxylic acids is 1. The maximum absolute atomic E-state index is 13.3. The molecule has 1 aromatic heterocycles. The van der Waals surface area contributed by atoms with Crippen LogP contribution in [0.2, 0.25) is 0 Å². The van der Waals surface area contributed by atoms with Crippen molar-refractivity contribution in [2.75, 3.05) is 44.3 Å². The van der Waals surface area contributed by atoms with Gasteiger partial charge in [-0.15, -0.1) is 10.2 Å². The number of nitrogens with one attached hydrogen (secondary N) is 1. The van der Waals surface area contributed by atoms with Crippen molar-refractivity contribution >= 4 is 44.2 Å². The second kappa shape index (κ2) is 8.50. The molecule has 27 heavy (non-hydrogen) atoms. The Hall–Kier alpha value is -1.76. The number of piperazine rings is 1. The molecule has 0 aliphatic carbocycles. The fraction of sp³-hybridized carbons (Fsp3) is 0.400. The van der Waals surface area contributed by atoms with E-state index in [0.717, 1.165) is 6.07 Å². The largest absolute Gasteiger partial charge is 0.363 e. The molecule has 1 saturated heterocycles. The van der Waals surface area contributed by atoms with E-state index in [1.807, 2.05) is 0 Å². The molecule has 3 rings (SSSR count). The molecule has 1 amide bonds. The van der Waals surface area contributed by atoms with E-state index in [1.54, 1.807) is 11.9 Å². The summed E-state index contributed by atoms with van der Waals surface area (Å²) < 4.78 is 40.5. The number of nitrogens with zero attached hydrogens (tertiary/aromatic N) is 4. The third-order valence-corrected chi connectivity index (χ3v) is 7.92. The predicted octanol–water partition coefficient (Wildman–Crippen LogP) is 1.34. The molecule has 1 N–H and O–H groups in total. The van der Waals surface area contributed by atoms with Gasteiger partial charge in [0.1, 0.15) is 5.82 Å². The average molecular weight is 432 g/mol. The second-order valence-corrected chi connectivity index (χ2v) is 9.79. The molecule has 146 valence electrons. The number of carbonyl (C=O) groups is 1. The zero-order valence-electron chi connectivity index (χ0n) is 14.5. The van der Waals surface area contributed by atoms with Gasteiger partial charge >= 0.3 is 0 Å². The summed E-state index contributed by atoms with van der Waals surface area (Å²) in [4.78, 5) is 13.9. The van der Waals surface area contributed by atoms with Crippen molar-refractivity contribution in [3.63, 3.8) is 0 Å². The van der Waals surface area contributed by atoms with Crippen molar-refractivity contribution in [2.24, 2.45) is 0 Å². The minimum atomic E-state index is -3.76. The Bertz CT molecular complexity index is 913. The first-order chi connectivity index (χ1) is 12.9. The number of sulfonamides is 1. The van der Waals surface area contributed by atoms with Gasteiger partial charge in [0.05, 0.1) is 10.6 Å². The van der Waals surface area contributed by atoms with Crippen LogP contribution in [0.3, 0.4) is 0 Å². The molecular formula is C15H18FN5O3S3. The van der Waals surface area contributed by atoms with Gasteiger partial charge in [0.25, 0.3) is 0 Å². The Balaban J connectivity index is 1.54. The lowest BCUT2D eigenvalue weighted by Crippen LogP contribution is -2.50. The molecule has 0 bridgehead atoms. The molecule has 2 aromatic rings. The van der Waals surface area contributed by atoms with E-state index in [2.05, 4.69) is 15.5 Å². The maximum atomic E-state index is 13.3. The van der Waals surface area contributed by atoms with Crippen LogP contribution in [0.25, 0.3) is 0 Å². The SMILES string of the molecule is CNc1nnc(SCC(=O)N2CCN(S(=O)(=O)c3cccc(F)c3)CC2)s1. The van der Waals surface area contributed by atoms with Crippen molar-refractivity contribution in [1.82, 2.24) is 19.4 Å². The lowest BCUT2D eigenvalue weighted by molar-refractivity contribution is -0.129. The van der Waals surface area contributed by atoms with Crippen LogP contribution >= 0.6 is 23.1 Å². The molecule has 0 saturated carbocycles. The molecule has 1 aromatic carbocycles. The molecule has 1 fully saturated rings. The molecule has 0 spiro atoms. The van der Waals surface area contributed by atoms with E-state index in [0.29, 0.717) is 22.6 Å². The number of thioether (sulfide) groups is 1. The lowest BCUT2D eigenvalue weighted by Gasteiger charge is -2.34. The first-order valence-corrected chi connectivity index (χ1v) is 11.3. The van der Waals surface area contributed by atoms with Crippen LogP contribution in [-0.2, 0) is 14.8 Å². The standard InChI is InChI=1S/C15H18FN5O3S3/c1-17-14-18-19-15(26-14)25-10-13(22)20-5-7-21(8-6-20)27(23,24)12-4-2-3-11(16)9-12/h2-4,9H,5-8,10H2,1H3,(H,17,18). The van der Waals surface area contributed by atoms with E-state index in [4.69, 9.17) is 0 Å². The van der Waals surface area contributed by atoms with E-state index >= 15 is 0 Å². The van der Waals surface area contributed by atoms with Gasteiger partial charge in [0.2, 0.25) is 21.1 Å². The first-order valence-electron chi connectivity index (χ1n) is 8.07. The molecule has 1 aliphatic heterocycles. The van der Waals surface area contributed by atoms with Crippen LogP contribution in [-0.4, -0.2) is 72.7 Å². The Kier molecular flexibility index (Phi) is 6.29. The number of hydrogen-bond acceptors (Lipinski definition) is 8. The fourth-order valence-corrected chi connectivity index (χ4v) is 5.60. The summed E-state index contributed by atoms with van der Waals surface area (Å²) in [5.41, 5.74) is 0. The number of amides is 1. The second-order valence-electron chi connectivity index (χ2n) is 5.65. The number of hydrogen-bond donors (Lipinski definition) is 1. The molecule has 8 nitrogen and oxygen atoms in total. The van der Waals surface area contributed by atoms with Gasteiger partial charge in [-0.3, -0.25) is 4.79 Å². The smallest absolute Gasteiger partial charge is 0.243 e. The van der Waals surface area contributed by atoms with Crippen LogP contribution < -0.4 is 5.32 Å². The van der Waals surface area contributed by atoms with Gasteiger partial charge in [-0.25, -0.2) is 12.8 Å². The highest BCUT2D eigenvalue weighted by atomic mass is 32.2. The van der Waals surface area contributed by atoms with Gasteiger partial charge in [-0.2, -0.15) is 4.31 Å². The molecule has 1 aliphatic rings. The third kappa shape index (κ3) is 4.75. The number of aromatic nitrogens is 2. The first kappa shape index (κ1) is 20.0. The minimum Gasteiger partial charge on any atom is -0.363 e. The highest BCUT2D eigenvalue weighted by Gasteiger charge is 2.30. The molecule has 2 heterocycles. The monoisotopic (exact) mass is 431 g/mol. The zero-order chi connectivity index (χ0) is 19.4. The van der Waals surface area contributed by atoms with Gasteiger partial charge in [-0.05, 0) is 18.2 Å². The highest BCUT2D eigenvalue weighted by molar-refractivity contribution is 8.01. The Morgan fingerprint density at radius 3 is 2.67 bits per heavy atom. The molecular weight excluding hydrogens is 413 g/mol. The third-order valence-electron chi connectivity index (χ3n) is 3.96. The summed E-state index contributed by atoms with van der Waals surface area (Å²) in [5, 5.41) is 11.4. The quantitative estimate of drug-likeness (QED) is 0.690. The maximum Gasteiger partial charge on any atom is 0.243 e. The summed E-state index contributed by atoms with van der Waals surface area (Å²) in [7, 11) is -2.01. The Morgan fingerprint density at radius 2 is 2.04 bits per heavy atom. The summed E-state index contributed by atoms with van der Waals surface area (Å²) in [6.45, 7) is 0.952.